The van der Waals surface area contributed by atoms with Gasteiger partial charge in [0.15, 0.2) is 5.16 Å². The second-order valence-corrected chi connectivity index (χ2v) is 8.42. The maximum atomic E-state index is 13.1. The predicted octanol–water partition coefficient (Wildman–Crippen LogP) is 3.43. The Morgan fingerprint density at radius 1 is 1.09 bits per heavy atom. The van der Waals surface area contributed by atoms with Gasteiger partial charge in [0, 0.05) is 25.5 Å². The lowest BCUT2D eigenvalue weighted by Crippen LogP contribution is -2.24. The van der Waals surface area contributed by atoms with E-state index in [0.29, 0.717) is 66.2 Å². The Bertz CT molecular complexity index is 1350. The molecule has 2 aromatic heterocycles. The van der Waals surface area contributed by atoms with Crippen molar-refractivity contribution in [2.24, 2.45) is 0 Å². The number of thioether (sulfide) groups is 1. The van der Waals surface area contributed by atoms with Gasteiger partial charge in [-0.05, 0) is 43.7 Å². The standard InChI is InChI=1S/C24H26N4O5S/c1-3-32-13-7-12-27-21(29)19-10-4-5-11-20(19)28-23(27)25-26-24(28)34-15-14-33-18-9-6-8-17(16-18)22(30)31-2/h4-6,8-11,16H,3,7,12-15H2,1-2H3. The molecule has 0 aliphatic carbocycles. The monoisotopic (exact) mass is 482 g/mol. The zero-order chi connectivity index (χ0) is 23.9. The van der Waals surface area contributed by atoms with Gasteiger partial charge in [-0.1, -0.05) is 30.0 Å². The highest BCUT2D eigenvalue weighted by Crippen LogP contribution is 2.22. The molecule has 10 heteroatoms. The molecule has 0 N–H and O–H groups in total. The molecule has 0 bridgehead atoms. The topological polar surface area (TPSA) is 97.0 Å². The maximum Gasteiger partial charge on any atom is 0.337 e. The van der Waals surface area contributed by atoms with Crippen LogP contribution in [-0.2, 0) is 16.0 Å². The molecule has 0 atom stereocenters. The zero-order valence-electron chi connectivity index (χ0n) is 19.1. The van der Waals surface area contributed by atoms with E-state index < -0.39 is 5.97 Å². The number of aryl methyl sites for hydroxylation is 1. The molecule has 0 radical (unpaired) electrons. The largest absolute Gasteiger partial charge is 0.493 e. The van der Waals surface area contributed by atoms with E-state index in [0.717, 1.165) is 5.52 Å². The summed E-state index contributed by atoms with van der Waals surface area (Å²) in [5, 5.41) is 9.97. The first-order chi connectivity index (χ1) is 16.6. The number of hydrogen-bond donors (Lipinski definition) is 0. The number of hydrogen-bond acceptors (Lipinski definition) is 8. The number of ether oxygens (including phenoxy) is 3. The van der Waals surface area contributed by atoms with Gasteiger partial charge in [0.25, 0.3) is 5.56 Å². The van der Waals surface area contributed by atoms with Crippen molar-refractivity contribution in [1.82, 2.24) is 19.2 Å². The van der Waals surface area contributed by atoms with Gasteiger partial charge >= 0.3 is 5.97 Å². The molecule has 2 aromatic carbocycles. The fourth-order valence-corrected chi connectivity index (χ4v) is 4.38. The van der Waals surface area contributed by atoms with Crippen molar-refractivity contribution in [3.63, 3.8) is 0 Å². The molecule has 34 heavy (non-hydrogen) atoms. The number of fused-ring (bicyclic) bond motifs is 3. The molecule has 0 spiro atoms. The molecule has 0 saturated carbocycles. The summed E-state index contributed by atoms with van der Waals surface area (Å²) in [6, 6.07) is 14.3. The molecule has 4 rings (SSSR count). The number of para-hydroxylation sites is 1. The van der Waals surface area contributed by atoms with Crippen molar-refractivity contribution in [3.8, 4) is 5.75 Å². The van der Waals surface area contributed by atoms with Gasteiger partial charge in [-0.3, -0.25) is 13.8 Å². The number of carbonyl (C=O) groups is 1. The Kier molecular flexibility index (Phi) is 7.81. The van der Waals surface area contributed by atoms with Gasteiger partial charge in [0.1, 0.15) is 5.75 Å². The van der Waals surface area contributed by atoms with Gasteiger partial charge in [-0.25, -0.2) is 4.79 Å². The minimum atomic E-state index is -0.408. The van der Waals surface area contributed by atoms with Crippen LogP contribution in [0.2, 0.25) is 0 Å². The Morgan fingerprint density at radius 3 is 2.76 bits per heavy atom. The van der Waals surface area contributed by atoms with E-state index in [4.69, 9.17) is 14.2 Å². The first-order valence-electron chi connectivity index (χ1n) is 11.0. The van der Waals surface area contributed by atoms with Gasteiger partial charge in [-0.15, -0.1) is 10.2 Å². The molecule has 9 nitrogen and oxygen atoms in total. The molecule has 2 heterocycles. The predicted molar refractivity (Wildman–Crippen MR) is 130 cm³/mol. The molecule has 178 valence electrons. The van der Waals surface area contributed by atoms with E-state index in [-0.39, 0.29) is 5.56 Å². The van der Waals surface area contributed by atoms with Crippen LogP contribution in [0.1, 0.15) is 23.7 Å². The van der Waals surface area contributed by atoms with E-state index in [2.05, 4.69) is 10.2 Å². The van der Waals surface area contributed by atoms with Crippen molar-refractivity contribution in [3.05, 3.63) is 64.4 Å². The third kappa shape index (κ3) is 5.07. The molecular weight excluding hydrogens is 456 g/mol. The van der Waals surface area contributed by atoms with E-state index >= 15 is 0 Å². The Hall–Kier alpha value is -3.37. The SMILES string of the molecule is CCOCCCn1c(=O)c2ccccc2n2c(SCCOc3cccc(C(=O)OC)c3)nnc12. The number of aromatic nitrogens is 4. The van der Waals surface area contributed by atoms with Crippen molar-refractivity contribution in [1.29, 1.82) is 0 Å². The number of methoxy groups -OCH3 is 1. The zero-order valence-corrected chi connectivity index (χ0v) is 19.9. The van der Waals surface area contributed by atoms with Crippen molar-refractivity contribution >= 4 is 34.4 Å². The summed E-state index contributed by atoms with van der Waals surface area (Å²) < 4.78 is 19.6. The number of benzene rings is 2. The molecule has 0 fully saturated rings. The second kappa shape index (κ2) is 11.2. The molecule has 0 aliphatic heterocycles. The molecule has 0 unspecified atom stereocenters. The van der Waals surface area contributed by atoms with Gasteiger partial charge in [0.2, 0.25) is 5.78 Å². The second-order valence-electron chi connectivity index (χ2n) is 7.36. The molecule has 0 amide bonds. The van der Waals surface area contributed by atoms with E-state index in [9.17, 15) is 9.59 Å². The lowest BCUT2D eigenvalue weighted by molar-refractivity contribution is 0.0600. The van der Waals surface area contributed by atoms with Crippen molar-refractivity contribution in [2.75, 3.05) is 32.7 Å². The minimum absolute atomic E-state index is 0.0858. The minimum Gasteiger partial charge on any atom is -0.493 e. The summed E-state index contributed by atoms with van der Waals surface area (Å²) in [6.07, 6.45) is 0.704. The van der Waals surface area contributed by atoms with Crippen LogP contribution in [0, 0.1) is 0 Å². The number of esters is 1. The smallest absolute Gasteiger partial charge is 0.337 e. The molecule has 0 aliphatic rings. The van der Waals surface area contributed by atoms with Crippen LogP contribution in [0.4, 0.5) is 0 Å². The Morgan fingerprint density at radius 2 is 1.94 bits per heavy atom. The summed E-state index contributed by atoms with van der Waals surface area (Å²) >= 11 is 1.48. The molecular formula is C24H26N4O5S. The van der Waals surface area contributed by atoms with E-state index in [1.165, 1.54) is 18.9 Å². The summed E-state index contributed by atoms with van der Waals surface area (Å²) in [5.74, 6) is 1.28. The van der Waals surface area contributed by atoms with Gasteiger partial charge in [0.05, 0.1) is 30.2 Å². The van der Waals surface area contributed by atoms with Crippen LogP contribution in [-0.4, -0.2) is 57.8 Å². The highest BCUT2D eigenvalue weighted by Gasteiger charge is 2.16. The molecule has 0 saturated heterocycles. The van der Waals surface area contributed by atoms with Crippen LogP contribution in [0.25, 0.3) is 16.7 Å². The highest BCUT2D eigenvalue weighted by atomic mass is 32.2. The number of carbonyl (C=O) groups excluding carboxylic acids is 1. The third-order valence-corrected chi connectivity index (χ3v) is 6.08. The normalized spacial score (nSPS) is 11.2. The number of nitrogens with zero attached hydrogens (tertiary/aromatic N) is 4. The van der Waals surface area contributed by atoms with Crippen LogP contribution < -0.4 is 10.3 Å². The van der Waals surface area contributed by atoms with Crippen LogP contribution in [0.5, 0.6) is 5.75 Å². The summed E-state index contributed by atoms with van der Waals surface area (Å²) in [5.41, 5.74) is 1.12. The third-order valence-electron chi connectivity index (χ3n) is 5.19. The lowest BCUT2D eigenvalue weighted by Gasteiger charge is -2.11. The first-order valence-corrected chi connectivity index (χ1v) is 12.0. The van der Waals surface area contributed by atoms with E-state index in [1.807, 2.05) is 35.6 Å². The van der Waals surface area contributed by atoms with E-state index in [1.54, 1.807) is 28.8 Å². The molecule has 4 aromatic rings. The summed E-state index contributed by atoms with van der Waals surface area (Å²) in [7, 11) is 1.34. The summed E-state index contributed by atoms with van der Waals surface area (Å²) in [6.45, 7) is 4.06. The van der Waals surface area contributed by atoms with Crippen molar-refractivity contribution < 1.29 is 19.0 Å². The van der Waals surface area contributed by atoms with Gasteiger partial charge in [-0.2, -0.15) is 0 Å². The quantitative estimate of drug-likeness (QED) is 0.182. The fourth-order valence-electron chi connectivity index (χ4n) is 3.62. The highest BCUT2D eigenvalue weighted by molar-refractivity contribution is 7.99. The summed E-state index contributed by atoms with van der Waals surface area (Å²) in [4.78, 5) is 24.8. The van der Waals surface area contributed by atoms with Crippen LogP contribution >= 0.6 is 11.8 Å². The average Bonchev–Trinajstić information content (AvgIpc) is 3.29. The van der Waals surface area contributed by atoms with Crippen LogP contribution in [0.15, 0.2) is 58.5 Å². The Labute approximate surface area is 200 Å². The number of rotatable bonds is 11. The fraction of sp³-hybridized carbons (Fsp3) is 0.333. The Balaban J connectivity index is 1.53. The lowest BCUT2D eigenvalue weighted by atomic mass is 10.2. The van der Waals surface area contributed by atoms with Gasteiger partial charge < -0.3 is 14.2 Å². The maximum absolute atomic E-state index is 13.1. The average molecular weight is 483 g/mol. The first kappa shape index (κ1) is 23.8. The van der Waals surface area contributed by atoms with Crippen LogP contribution in [0.3, 0.4) is 0 Å². The van der Waals surface area contributed by atoms with Crippen molar-refractivity contribution in [2.45, 2.75) is 25.0 Å².